The lowest BCUT2D eigenvalue weighted by atomic mass is 9.95. The maximum absolute atomic E-state index is 13.0. The van der Waals surface area contributed by atoms with Crippen molar-refractivity contribution < 1.29 is 49.4 Å². The van der Waals surface area contributed by atoms with E-state index in [4.69, 9.17) is 20.4 Å². The number of nitrogens with two attached hydrogens (primary N) is 1. The number of likely N-dealkylation sites (N-methyl/N-ethyl adjacent to an activating group) is 1. The highest BCUT2D eigenvalue weighted by Gasteiger charge is 2.32. The summed E-state index contributed by atoms with van der Waals surface area (Å²) in [6.07, 6.45) is -1.92. The summed E-state index contributed by atoms with van der Waals surface area (Å²) in [6, 6.07) is 12.0. The van der Waals surface area contributed by atoms with E-state index in [0.29, 0.717) is 73.6 Å². The minimum Gasteiger partial charge on any atom is -0.481 e. The molecule has 1 aromatic carbocycles. The molecule has 0 fully saturated rings. The molecular weight excluding hydrogens is 891 g/mol. The maximum atomic E-state index is 13.0. The van der Waals surface area contributed by atoms with Gasteiger partial charge >= 0.3 is 23.9 Å². The van der Waals surface area contributed by atoms with Gasteiger partial charge in [-0.25, -0.2) is 19.6 Å². The van der Waals surface area contributed by atoms with Crippen LogP contribution in [0.25, 0.3) is 44.4 Å². The topological polar surface area (TPSA) is 265 Å². The maximum Gasteiger partial charge on any atom is 0.340 e. The normalized spacial score (nSPS) is 13.0. The molecule has 2 atom stereocenters. The third-order valence-corrected chi connectivity index (χ3v) is 11.7. The molecule has 0 spiro atoms. The zero-order valence-electron chi connectivity index (χ0n) is 38.4. The summed E-state index contributed by atoms with van der Waals surface area (Å²) in [5.41, 5.74) is 14.6. The zero-order chi connectivity index (χ0) is 47.2. The number of carbonyl (C=O) groups excluding carboxylic acids is 1. The number of aliphatic carboxylic acids is 2. The number of fused-ring (bicyclic) bond motifs is 8. The van der Waals surface area contributed by atoms with Crippen molar-refractivity contribution in [3.05, 3.63) is 98.6 Å². The predicted molar refractivity (Wildman–Crippen MR) is 261 cm³/mol. The van der Waals surface area contributed by atoms with E-state index in [0.717, 1.165) is 41.9 Å². The number of H-pyrrole nitrogens is 2. The second-order valence-corrected chi connectivity index (χ2v) is 15.9. The smallest absolute Gasteiger partial charge is 0.340 e. The van der Waals surface area contributed by atoms with E-state index in [2.05, 4.69) is 28.7 Å². The van der Waals surface area contributed by atoms with E-state index < -0.39 is 30.1 Å². The van der Waals surface area contributed by atoms with Crippen LogP contribution in [0, 0.1) is 13.8 Å². The van der Waals surface area contributed by atoms with Gasteiger partial charge in [-0.1, -0.05) is 13.8 Å². The van der Waals surface area contributed by atoms with Gasteiger partial charge in [0.25, 0.3) is 0 Å². The van der Waals surface area contributed by atoms with E-state index in [1.165, 1.54) is 6.92 Å². The van der Waals surface area contributed by atoms with Crippen molar-refractivity contribution >= 4 is 98.7 Å². The largest absolute Gasteiger partial charge is 0.481 e. The number of nitrogens with one attached hydrogen (secondary N) is 2. The molecule has 4 aromatic rings. The summed E-state index contributed by atoms with van der Waals surface area (Å²) in [5, 5.41) is 51.3. The highest BCUT2D eigenvalue weighted by atomic mass is 35.5. The number of carboxylic acids is 3. The van der Waals surface area contributed by atoms with Crippen LogP contribution in [-0.4, -0.2) is 113 Å². The second-order valence-electron chi connectivity index (χ2n) is 15.9. The summed E-state index contributed by atoms with van der Waals surface area (Å²) >= 11 is 0. The first-order chi connectivity index (χ1) is 30.3. The third-order valence-electron chi connectivity index (χ3n) is 11.7. The van der Waals surface area contributed by atoms with Crippen molar-refractivity contribution in [3.63, 3.8) is 0 Å². The van der Waals surface area contributed by atoms with Gasteiger partial charge in [-0.15, -0.1) is 24.8 Å². The molecule has 6 rings (SSSR count). The minimum absolute atomic E-state index is 0. The number of hydrogen-bond acceptors (Lipinski definition) is 11. The van der Waals surface area contributed by atoms with Gasteiger partial charge in [-0.2, -0.15) is 0 Å². The fraction of sp³-hybridized carbons (Fsp3) is 0.375. The van der Waals surface area contributed by atoms with Gasteiger partial charge in [-0.05, 0) is 143 Å². The number of aliphatic hydroxyl groups is 2. The Morgan fingerprint density at radius 3 is 1.64 bits per heavy atom. The van der Waals surface area contributed by atoms with Crippen LogP contribution in [0.15, 0.2) is 42.5 Å². The SMILES string of the molecule is CC1=C(C(C)O)c2nc1cc1[nH]c(cc3[nH]c(cc4nc(c2C(=O)O)C(C)=C4C(C)O)c(C)c3CCC(=O)O)c(CCC(=O)O)c1C.CCN(CC)CCOC(=O)c1ccc(N)cc1.Cl.Cl. The summed E-state index contributed by atoms with van der Waals surface area (Å²) in [4.78, 5) is 66.3. The van der Waals surface area contributed by atoms with Crippen LogP contribution in [0.1, 0.15) is 120 Å². The lowest BCUT2D eigenvalue weighted by Crippen LogP contribution is -2.27. The molecule has 0 saturated heterocycles. The van der Waals surface area contributed by atoms with Crippen LogP contribution in [0.2, 0.25) is 0 Å². The number of benzene rings is 1. The number of rotatable bonds is 15. The number of allylic oxidation sites excluding steroid dienone is 2. The van der Waals surface area contributed by atoms with Crippen molar-refractivity contribution in [3.8, 4) is 0 Å². The zero-order valence-corrected chi connectivity index (χ0v) is 40.0. The minimum atomic E-state index is -1.31. The van der Waals surface area contributed by atoms with Crippen molar-refractivity contribution in [1.29, 1.82) is 0 Å². The van der Waals surface area contributed by atoms with Crippen molar-refractivity contribution in [2.75, 3.05) is 32.0 Å². The molecule has 66 heavy (non-hydrogen) atoms. The molecule has 0 aliphatic carbocycles. The number of aryl methyl sites for hydroxylation is 4. The predicted octanol–water partition coefficient (Wildman–Crippen LogP) is 7.90. The molecule has 2 aliphatic heterocycles. The molecule has 5 heterocycles. The van der Waals surface area contributed by atoms with Crippen LogP contribution >= 0.6 is 24.8 Å². The Hall–Kier alpha value is -6.04. The average molecular weight is 952 g/mol. The molecule has 18 heteroatoms. The highest BCUT2D eigenvalue weighted by molar-refractivity contribution is 6.07. The molecule has 2 unspecified atom stereocenters. The van der Waals surface area contributed by atoms with Gasteiger partial charge in [0.15, 0.2) is 0 Å². The monoisotopic (exact) mass is 950 g/mol. The Balaban J connectivity index is 0.000000515. The first-order valence-corrected chi connectivity index (χ1v) is 21.2. The number of aromatic amines is 2. The number of aromatic nitrogens is 4. The number of nitrogen functional groups attached to an aromatic ring is 1. The number of aromatic carboxylic acids is 1. The summed E-state index contributed by atoms with van der Waals surface area (Å²) < 4.78 is 5.18. The summed E-state index contributed by atoms with van der Waals surface area (Å²) in [7, 11) is 0. The lowest BCUT2D eigenvalue weighted by Gasteiger charge is -2.17. The first kappa shape index (κ1) is 54.3. The van der Waals surface area contributed by atoms with Crippen LogP contribution in [0.4, 0.5) is 5.69 Å². The number of esters is 1. The van der Waals surface area contributed by atoms with Crippen LogP contribution in [-0.2, 0) is 27.2 Å². The Morgan fingerprint density at radius 1 is 0.697 bits per heavy atom. The molecule has 0 amide bonds. The second kappa shape index (κ2) is 23.4. The number of ether oxygens (including phenoxy) is 1. The Kier molecular flexibility index (Phi) is 19.3. The van der Waals surface area contributed by atoms with E-state index >= 15 is 0 Å². The molecule has 8 bridgehead atoms. The van der Waals surface area contributed by atoms with Crippen molar-refractivity contribution in [1.82, 2.24) is 24.8 Å². The third kappa shape index (κ3) is 12.2. The van der Waals surface area contributed by atoms with E-state index in [9.17, 15) is 44.7 Å². The fourth-order valence-electron chi connectivity index (χ4n) is 8.13. The highest BCUT2D eigenvalue weighted by Crippen LogP contribution is 2.40. The van der Waals surface area contributed by atoms with Gasteiger partial charge in [0.2, 0.25) is 0 Å². The molecule has 3 aromatic heterocycles. The number of hydrogen-bond donors (Lipinski definition) is 8. The van der Waals surface area contributed by atoms with E-state index in [1.54, 1.807) is 57.2 Å². The molecular formula is C48H60Cl2N6O10. The van der Waals surface area contributed by atoms with Gasteiger partial charge in [0.05, 0.1) is 40.5 Å². The molecule has 16 nitrogen and oxygen atoms in total. The molecule has 356 valence electrons. The van der Waals surface area contributed by atoms with E-state index in [-0.39, 0.29) is 73.4 Å². The van der Waals surface area contributed by atoms with Crippen LogP contribution < -0.4 is 5.73 Å². The number of aliphatic hydroxyl groups excluding tert-OH is 2. The molecule has 0 radical (unpaired) electrons. The van der Waals surface area contributed by atoms with Crippen LogP contribution in [0.5, 0.6) is 0 Å². The first-order valence-electron chi connectivity index (χ1n) is 21.2. The van der Waals surface area contributed by atoms with E-state index in [1.807, 2.05) is 19.9 Å². The van der Waals surface area contributed by atoms with Gasteiger partial charge in [0.1, 0.15) is 12.2 Å². The number of carbonyl (C=O) groups is 4. The fourth-order valence-corrected chi connectivity index (χ4v) is 8.13. The number of carboxylic acid groups (broad SMARTS) is 3. The number of nitrogens with zero attached hydrogens (tertiary/aromatic N) is 3. The van der Waals surface area contributed by atoms with Crippen LogP contribution in [0.3, 0.4) is 0 Å². The molecule has 0 saturated carbocycles. The van der Waals surface area contributed by atoms with Crippen molar-refractivity contribution in [2.45, 2.75) is 93.3 Å². The quantitative estimate of drug-likeness (QED) is 0.0416. The van der Waals surface area contributed by atoms with Gasteiger partial charge in [-0.3, -0.25) is 9.59 Å². The Morgan fingerprint density at radius 2 is 1.18 bits per heavy atom. The number of halogens is 2. The average Bonchev–Trinajstić information content (AvgIpc) is 3.91. The molecule has 2 aliphatic rings. The standard InChI is InChI=1S/C35H38N4O8.C13H20N2O2.2ClH/c1-14-20(7-9-28(42)43)25-13-26-21(8-10-29(44)45)15(2)23(37-26)12-27-30(18(5)40)17(4)33(39-27)32(35(46)47)34-31(19(6)41)16(3)24(38-34)11-22(14)36-25;1-3-15(4-2)9-10-17-13(16)11-5-7-12(14)8-6-11;;/h11-13,18-19,36-37,40-41H,7-10H2,1-6H3,(H,42,43)(H,44,45)(H,46,47);5-8H,3-4,9-10,14H2,1-2H3;2*1H. The molecule has 9 N–H and O–H groups in total. The van der Waals surface area contributed by atoms with Gasteiger partial charge in [0, 0.05) is 58.3 Å². The summed E-state index contributed by atoms with van der Waals surface area (Å²) in [5.74, 6) is -3.52. The lowest BCUT2D eigenvalue weighted by molar-refractivity contribution is -0.138. The summed E-state index contributed by atoms with van der Waals surface area (Å²) in [6.45, 7) is 17.5. The Bertz CT molecular complexity index is 2700. The van der Waals surface area contributed by atoms with Crippen molar-refractivity contribution in [2.24, 2.45) is 0 Å². The van der Waals surface area contributed by atoms with Gasteiger partial charge < -0.3 is 50.9 Å². The Labute approximate surface area is 395 Å². The number of anilines is 1.